The maximum atomic E-state index is 12.3. The van der Waals surface area contributed by atoms with Gasteiger partial charge >= 0.3 is 12.1 Å². The number of rotatable bonds is 11. The van der Waals surface area contributed by atoms with E-state index in [2.05, 4.69) is 10.6 Å². The molecule has 2 amide bonds. The van der Waals surface area contributed by atoms with Crippen LogP contribution in [0.2, 0.25) is 0 Å². The molecule has 2 aromatic carbocycles. The molecule has 32 heavy (non-hydrogen) atoms. The molecule has 0 fully saturated rings. The number of nitrogens with one attached hydrogen (secondary N) is 2. The minimum atomic E-state index is -1.15. The Kier molecular flexibility index (Phi) is 9.99. The smallest absolute Gasteiger partial charge is 0.407 e. The van der Waals surface area contributed by atoms with Gasteiger partial charge in [0.15, 0.2) is 0 Å². The van der Waals surface area contributed by atoms with Crippen molar-refractivity contribution in [1.82, 2.24) is 10.6 Å². The van der Waals surface area contributed by atoms with Gasteiger partial charge in [0.2, 0.25) is 5.91 Å². The van der Waals surface area contributed by atoms with E-state index in [-0.39, 0.29) is 26.0 Å². The van der Waals surface area contributed by atoms with Crippen LogP contribution in [0, 0.1) is 0 Å². The lowest BCUT2D eigenvalue weighted by molar-refractivity contribution is -0.145. The number of carbonyl (C=O) groups excluding carboxylic acids is 3. The summed E-state index contributed by atoms with van der Waals surface area (Å²) in [5, 5.41) is 15.0. The Morgan fingerprint density at radius 1 is 0.969 bits per heavy atom. The molecular formula is C23H28N2O7. The van der Waals surface area contributed by atoms with E-state index in [0.717, 1.165) is 11.1 Å². The van der Waals surface area contributed by atoms with Crippen molar-refractivity contribution in [3.8, 4) is 5.75 Å². The zero-order valence-electron chi connectivity index (χ0n) is 18.1. The first-order valence-electron chi connectivity index (χ1n) is 10.0. The first-order chi connectivity index (χ1) is 15.4. The molecule has 0 radical (unpaired) electrons. The highest BCUT2D eigenvalue weighted by Gasteiger charge is 2.23. The predicted molar refractivity (Wildman–Crippen MR) is 116 cm³/mol. The summed E-state index contributed by atoms with van der Waals surface area (Å²) in [7, 11) is 2.78. The molecule has 0 aromatic heterocycles. The summed E-state index contributed by atoms with van der Waals surface area (Å²) in [5.74, 6) is -0.488. The quantitative estimate of drug-likeness (QED) is 0.450. The fraction of sp³-hybridized carbons (Fsp3) is 0.348. The largest absolute Gasteiger partial charge is 0.497 e. The van der Waals surface area contributed by atoms with Crippen molar-refractivity contribution in [3.05, 3.63) is 65.7 Å². The molecule has 3 N–H and O–H groups in total. The molecule has 0 aliphatic carbocycles. The van der Waals surface area contributed by atoms with Crippen molar-refractivity contribution in [2.45, 2.75) is 31.6 Å². The highest BCUT2D eigenvalue weighted by molar-refractivity contribution is 5.85. The first-order valence-corrected chi connectivity index (χ1v) is 10.0. The average molecular weight is 444 g/mol. The third kappa shape index (κ3) is 8.65. The van der Waals surface area contributed by atoms with Crippen molar-refractivity contribution in [1.29, 1.82) is 0 Å². The van der Waals surface area contributed by atoms with Gasteiger partial charge in [0.05, 0.1) is 26.7 Å². The van der Waals surface area contributed by atoms with Crippen LogP contribution in [0.4, 0.5) is 4.79 Å². The van der Waals surface area contributed by atoms with E-state index in [9.17, 15) is 19.5 Å². The fourth-order valence-electron chi connectivity index (χ4n) is 2.85. The first kappa shape index (κ1) is 24.7. The van der Waals surface area contributed by atoms with Gasteiger partial charge in [0, 0.05) is 13.0 Å². The van der Waals surface area contributed by atoms with Gasteiger partial charge in [0.25, 0.3) is 0 Å². The summed E-state index contributed by atoms with van der Waals surface area (Å²) in [6.07, 6.45) is -1.96. The maximum Gasteiger partial charge on any atom is 0.407 e. The molecule has 172 valence electrons. The molecule has 0 heterocycles. The van der Waals surface area contributed by atoms with E-state index in [0.29, 0.717) is 5.75 Å². The second-order valence-electron chi connectivity index (χ2n) is 7.00. The molecule has 0 saturated carbocycles. The van der Waals surface area contributed by atoms with Crippen LogP contribution in [-0.4, -0.2) is 56.0 Å². The van der Waals surface area contributed by atoms with Crippen molar-refractivity contribution >= 4 is 18.0 Å². The van der Waals surface area contributed by atoms with Crippen LogP contribution in [-0.2, 0) is 32.1 Å². The Balaban J connectivity index is 1.77. The zero-order chi connectivity index (χ0) is 23.3. The van der Waals surface area contributed by atoms with Crippen molar-refractivity contribution in [2.75, 3.05) is 20.8 Å². The van der Waals surface area contributed by atoms with Gasteiger partial charge in [-0.3, -0.25) is 4.79 Å². The highest BCUT2D eigenvalue weighted by atomic mass is 16.5. The van der Waals surface area contributed by atoms with Crippen LogP contribution in [0.3, 0.4) is 0 Å². The van der Waals surface area contributed by atoms with Gasteiger partial charge in [-0.1, -0.05) is 42.5 Å². The van der Waals surface area contributed by atoms with Crippen LogP contribution >= 0.6 is 0 Å². The van der Waals surface area contributed by atoms with E-state index in [1.165, 1.54) is 7.11 Å². The summed E-state index contributed by atoms with van der Waals surface area (Å²) in [6.45, 7) is -0.0855. The van der Waals surface area contributed by atoms with Crippen molar-refractivity contribution in [3.63, 3.8) is 0 Å². The Morgan fingerprint density at radius 2 is 1.66 bits per heavy atom. The van der Waals surface area contributed by atoms with Crippen LogP contribution < -0.4 is 15.4 Å². The van der Waals surface area contributed by atoms with Gasteiger partial charge in [-0.2, -0.15) is 0 Å². The molecule has 0 spiro atoms. The number of benzene rings is 2. The van der Waals surface area contributed by atoms with Gasteiger partial charge in [0.1, 0.15) is 18.4 Å². The number of aliphatic hydroxyl groups excluding tert-OH is 1. The number of carbonyl (C=O) groups is 3. The lowest BCUT2D eigenvalue weighted by atomic mass is 10.1. The van der Waals surface area contributed by atoms with Crippen LogP contribution in [0.5, 0.6) is 5.75 Å². The zero-order valence-corrected chi connectivity index (χ0v) is 18.1. The molecule has 0 unspecified atom stereocenters. The third-order valence-corrected chi connectivity index (χ3v) is 4.54. The van der Waals surface area contributed by atoms with E-state index >= 15 is 0 Å². The number of amides is 2. The predicted octanol–water partition coefficient (Wildman–Crippen LogP) is 1.57. The summed E-state index contributed by atoms with van der Waals surface area (Å²) in [4.78, 5) is 36.1. The SMILES string of the molecule is COC(=O)[C@@H](Cc1ccc(OC)cc1)NC(=O)C[C@@H](O)CNC(=O)OCc1ccccc1. The van der Waals surface area contributed by atoms with E-state index < -0.39 is 30.1 Å². The normalized spacial score (nSPS) is 12.2. The summed E-state index contributed by atoms with van der Waals surface area (Å²) < 4.78 is 14.9. The molecule has 2 rings (SSSR count). The van der Waals surface area contributed by atoms with E-state index in [1.807, 2.05) is 30.3 Å². The maximum absolute atomic E-state index is 12.3. The topological polar surface area (TPSA) is 123 Å². The second-order valence-corrected chi connectivity index (χ2v) is 7.00. The van der Waals surface area contributed by atoms with E-state index in [1.54, 1.807) is 31.4 Å². The minimum Gasteiger partial charge on any atom is -0.497 e. The molecule has 0 aliphatic heterocycles. The standard InChI is InChI=1S/C23H28N2O7/c1-30-19-10-8-16(9-11-19)12-20(22(28)31-2)25-21(27)13-18(26)14-24-23(29)32-15-17-6-4-3-5-7-17/h3-11,18,20,26H,12-15H2,1-2H3,(H,24,29)(H,25,27)/t18-,20-/m1/s1. The van der Waals surface area contributed by atoms with E-state index in [4.69, 9.17) is 14.2 Å². The summed E-state index contributed by atoms with van der Waals surface area (Å²) >= 11 is 0. The van der Waals surface area contributed by atoms with Crippen LogP contribution in [0.25, 0.3) is 0 Å². The number of methoxy groups -OCH3 is 2. The van der Waals surface area contributed by atoms with Crippen molar-refractivity contribution < 1.29 is 33.7 Å². The lowest BCUT2D eigenvalue weighted by Crippen LogP contribution is -2.45. The third-order valence-electron chi connectivity index (χ3n) is 4.54. The van der Waals surface area contributed by atoms with Crippen LogP contribution in [0.15, 0.2) is 54.6 Å². The van der Waals surface area contributed by atoms with Crippen LogP contribution in [0.1, 0.15) is 17.5 Å². The minimum absolute atomic E-state index is 0.0927. The van der Waals surface area contributed by atoms with Crippen molar-refractivity contribution in [2.24, 2.45) is 0 Å². The summed E-state index contributed by atoms with van der Waals surface area (Å²) in [6, 6.07) is 15.3. The Labute approximate surface area is 186 Å². The molecule has 2 atom stereocenters. The monoisotopic (exact) mass is 444 g/mol. The number of hydrogen-bond donors (Lipinski definition) is 3. The Hall–Kier alpha value is -3.59. The fourth-order valence-corrected chi connectivity index (χ4v) is 2.85. The number of alkyl carbamates (subject to hydrolysis) is 1. The number of ether oxygens (including phenoxy) is 3. The highest BCUT2D eigenvalue weighted by Crippen LogP contribution is 2.13. The molecule has 0 aliphatic rings. The molecular weight excluding hydrogens is 416 g/mol. The molecule has 2 aromatic rings. The Bertz CT molecular complexity index is 872. The van der Waals surface area contributed by atoms with Gasteiger partial charge in [-0.05, 0) is 23.3 Å². The summed E-state index contributed by atoms with van der Waals surface area (Å²) in [5.41, 5.74) is 1.62. The second kappa shape index (κ2) is 13.0. The molecule has 9 heteroatoms. The Morgan fingerprint density at radius 3 is 2.28 bits per heavy atom. The molecule has 0 bridgehead atoms. The van der Waals surface area contributed by atoms with Gasteiger partial charge in [-0.15, -0.1) is 0 Å². The lowest BCUT2D eigenvalue weighted by Gasteiger charge is -2.18. The number of hydrogen-bond acceptors (Lipinski definition) is 7. The molecule has 9 nitrogen and oxygen atoms in total. The van der Waals surface area contributed by atoms with Gasteiger partial charge in [-0.25, -0.2) is 9.59 Å². The number of aliphatic hydroxyl groups is 1. The average Bonchev–Trinajstić information content (AvgIpc) is 2.81. The molecule has 0 saturated heterocycles. The van der Waals surface area contributed by atoms with Gasteiger partial charge < -0.3 is 30.0 Å². The number of esters is 1.